The molecule has 0 saturated carbocycles. The highest BCUT2D eigenvalue weighted by Gasteiger charge is 2.06. The second-order valence-corrected chi connectivity index (χ2v) is 4.61. The lowest BCUT2D eigenvalue weighted by atomic mass is 10.2. The van der Waals surface area contributed by atoms with E-state index in [0.29, 0.717) is 12.4 Å². The van der Waals surface area contributed by atoms with Crippen molar-refractivity contribution >= 4 is 11.4 Å². The first-order valence-electron chi connectivity index (χ1n) is 6.35. The molecule has 100 valence electrons. The summed E-state index contributed by atoms with van der Waals surface area (Å²) in [5.41, 5.74) is 8.47. The summed E-state index contributed by atoms with van der Waals surface area (Å²) in [7, 11) is 0. The molecule has 0 radical (unpaired) electrons. The predicted molar refractivity (Wildman–Crippen MR) is 78.2 cm³/mol. The van der Waals surface area contributed by atoms with Gasteiger partial charge in [-0.15, -0.1) is 0 Å². The number of hydrogen-bond acceptors (Lipinski definition) is 4. The number of benzene rings is 1. The van der Waals surface area contributed by atoms with E-state index < -0.39 is 0 Å². The molecule has 0 amide bonds. The molecule has 2 rings (SSSR count). The average Bonchev–Trinajstić information content (AvgIpc) is 2.39. The van der Waals surface area contributed by atoms with Crippen molar-refractivity contribution in [3.63, 3.8) is 0 Å². The van der Waals surface area contributed by atoms with Crippen molar-refractivity contribution < 1.29 is 4.74 Å². The Bertz CT molecular complexity index is 523. The molecule has 2 aromatic rings. The SMILES string of the molecule is CC(C)Oc1ncccc1CNc1ccc(N)cc1. The maximum absolute atomic E-state index is 5.68. The van der Waals surface area contributed by atoms with E-state index >= 15 is 0 Å². The zero-order valence-corrected chi connectivity index (χ0v) is 11.3. The van der Waals surface area contributed by atoms with Gasteiger partial charge in [0.1, 0.15) is 0 Å². The first kappa shape index (κ1) is 13.2. The number of nitrogen functional groups attached to an aromatic ring is 1. The van der Waals surface area contributed by atoms with Crippen molar-refractivity contribution in [1.29, 1.82) is 0 Å². The van der Waals surface area contributed by atoms with Gasteiger partial charge in [0.25, 0.3) is 0 Å². The molecule has 1 heterocycles. The lowest BCUT2D eigenvalue weighted by Crippen LogP contribution is -2.10. The van der Waals surface area contributed by atoms with Crippen LogP contribution in [0.25, 0.3) is 0 Å². The molecule has 0 aliphatic rings. The Morgan fingerprint density at radius 1 is 1.21 bits per heavy atom. The van der Waals surface area contributed by atoms with E-state index in [1.807, 2.05) is 50.2 Å². The number of aromatic nitrogens is 1. The van der Waals surface area contributed by atoms with Gasteiger partial charge < -0.3 is 15.8 Å². The van der Waals surface area contributed by atoms with Crippen LogP contribution in [0.3, 0.4) is 0 Å². The van der Waals surface area contributed by atoms with Gasteiger partial charge in [-0.1, -0.05) is 6.07 Å². The first-order chi connectivity index (χ1) is 9.15. The first-order valence-corrected chi connectivity index (χ1v) is 6.35. The lowest BCUT2D eigenvalue weighted by Gasteiger charge is -2.13. The molecule has 19 heavy (non-hydrogen) atoms. The number of rotatable bonds is 5. The zero-order valence-electron chi connectivity index (χ0n) is 11.3. The quantitative estimate of drug-likeness (QED) is 0.808. The van der Waals surface area contributed by atoms with E-state index in [0.717, 1.165) is 16.9 Å². The minimum Gasteiger partial charge on any atom is -0.475 e. The topological polar surface area (TPSA) is 60.2 Å². The standard InChI is InChI=1S/C15H19N3O/c1-11(2)19-15-12(4-3-9-17-15)10-18-14-7-5-13(16)6-8-14/h3-9,11,18H,10,16H2,1-2H3. The van der Waals surface area contributed by atoms with Gasteiger partial charge in [-0.2, -0.15) is 0 Å². The maximum Gasteiger partial charge on any atom is 0.218 e. The molecule has 0 spiro atoms. The van der Waals surface area contributed by atoms with Gasteiger partial charge in [0, 0.05) is 29.7 Å². The molecule has 0 bridgehead atoms. The van der Waals surface area contributed by atoms with Crippen molar-refractivity contribution in [3.05, 3.63) is 48.2 Å². The highest BCUT2D eigenvalue weighted by Crippen LogP contribution is 2.18. The Hall–Kier alpha value is -2.23. The van der Waals surface area contributed by atoms with Crippen molar-refractivity contribution in [2.75, 3.05) is 11.1 Å². The summed E-state index contributed by atoms with van der Waals surface area (Å²) < 4.78 is 5.68. The second-order valence-electron chi connectivity index (χ2n) is 4.61. The van der Waals surface area contributed by atoms with Gasteiger partial charge in [-0.3, -0.25) is 0 Å². The number of nitrogens with one attached hydrogen (secondary N) is 1. The summed E-state index contributed by atoms with van der Waals surface area (Å²) in [6, 6.07) is 11.6. The summed E-state index contributed by atoms with van der Waals surface area (Å²) in [5, 5.41) is 3.33. The van der Waals surface area contributed by atoms with Crippen LogP contribution in [0.4, 0.5) is 11.4 Å². The van der Waals surface area contributed by atoms with Crippen molar-refractivity contribution in [2.45, 2.75) is 26.5 Å². The molecular formula is C15H19N3O. The lowest BCUT2D eigenvalue weighted by molar-refractivity contribution is 0.230. The number of nitrogens with zero attached hydrogens (tertiary/aromatic N) is 1. The molecule has 1 aromatic heterocycles. The van der Waals surface area contributed by atoms with E-state index in [9.17, 15) is 0 Å². The molecule has 4 nitrogen and oxygen atoms in total. The molecule has 0 saturated heterocycles. The van der Waals surface area contributed by atoms with Crippen LogP contribution in [0.15, 0.2) is 42.6 Å². The van der Waals surface area contributed by atoms with Gasteiger partial charge in [0.2, 0.25) is 5.88 Å². The van der Waals surface area contributed by atoms with Crippen LogP contribution in [-0.2, 0) is 6.54 Å². The van der Waals surface area contributed by atoms with Gasteiger partial charge in [-0.25, -0.2) is 4.98 Å². The second kappa shape index (κ2) is 6.09. The molecule has 1 aromatic carbocycles. The monoisotopic (exact) mass is 257 g/mol. The minimum atomic E-state index is 0.116. The van der Waals surface area contributed by atoms with Crippen LogP contribution >= 0.6 is 0 Å². The Kier molecular flexibility index (Phi) is 4.23. The Morgan fingerprint density at radius 2 is 1.95 bits per heavy atom. The molecule has 0 aliphatic heterocycles. The van der Waals surface area contributed by atoms with Gasteiger partial charge in [0.15, 0.2) is 0 Å². The van der Waals surface area contributed by atoms with Crippen molar-refractivity contribution in [3.8, 4) is 5.88 Å². The summed E-state index contributed by atoms with van der Waals surface area (Å²) in [4.78, 5) is 4.26. The molecule has 0 aliphatic carbocycles. The molecule has 0 atom stereocenters. The third kappa shape index (κ3) is 3.88. The fourth-order valence-electron chi connectivity index (χ4n) is 1.69. The highest BCUT2D eigenvalue weighted by molar-refractivity contribution is 5.51. The van der Waals surface area contributed by atoms with Crippen LogP contribution < -0.4 is 15.8 Å². The highest BCUT2D eigenvalue weighted by atomic mass is 16.5. The average molecular weight is 257 g/mol. The van der Waals surface area contributed by atoms with Crippen LogP contribution in [0.2, 0.25) is 0 Å². The maximum atomic E-state index is 5.68. The summed E-state index contributed by atoms with van der Waals surface area (Å²) in [5.74, 6) is 0.681. The van der Waals surface area contributed by atoms with Gasteiger partial charge in [0.05, 0.1) is 6.10 Å². The van der Waals surface area contributed by atoms with Gasteiger partial charge in [-0.05, 0) is 44.2 Å². The smallest absolute Gasteiger partial charge is 0.218 e. The normalized spacial score (nSPS) is 10.5. The summed E-state index contributed by atoms with van der Waals surface area (Å²) in [6.45, 7) is 4.65. The van der Waals surface area contributed by atoms with E-state index in [2.05, 4.69) is 10.3 Å². The predicted octanol–water partition coefficient (Wildman–Crippen LogP) is 3.06. The molecule has 3 N–H and O–H groups in total. The van der Waals surface area contributed by atoms with Crippen LogP contribution in [0.5, 0.6) is 5.88 Å². The fraction of sp³-hybridized carbons (Fsp3) is 0.267. The van der Waals surface area contributed by atoms with Gasteiger partial charge >= 0.3 is 0 Å². The Labute approximate surface area is 113 Å². The molecular weight excluding hydrogens is 238 g/mol. The molecule has 0 unspecified atom stereocenters. The number of ether oxygens (including phenoxy) is 1. The van der Waals surface area contributed by atoms with E-state index in [1.165, 1.54) is 0 Å². The third-order valence-corrected chi connectivity index (χ3v) is 2.59. The number of pyridine rings is 1. The zero-order chi connectivity index (χ0) is 13.7. The minimum absolute atomic E-state index is 0.116. The Morgan fingerprint density at radius 3 is 2.63 bits per heavy atom. The fourth-order valence-corrected chi connectivity index (χ4v) is 1.69. The Balaban J connectivity index is 2.04. The number of hydrogen-bond donors (Lipinski definition) is 2. The number of nitrogens with two attached hydrogens (primary N) is 1. The van der Waals surface area contributed by atoms with Crippen molar-refractivity contribution in [1.82, 2.24) is 4.98 Å². The van der Waals surface area contributed by atoms with Crippen molar-refractivity contribution in [2.24, 2.45) is 0 Å². The molecule has 0 fully saturated rings. The van der Waals surface area contributed by atoms with E-state index in [4.69, 9.17) is 10.5 Å². The van der Waals surface area contributed by atoms with E-state index in [1.54, 1.807) is 6.20 Å². The van der Waals surface area contributed by atoms with Crippen LogP contribution in [0, 0.1) is 0 Å². The van der Waals surface area contributed by atoms with Crippen LogP contribution in [-0.4, -0.2) is 11.1 Å². The summed E-state index contributed by atoms with van der Waals surface area (Å²) in [6.07, 6.45) is 1.86. The summed E-state index contributed by atoms with van der Waals surface area (Å²) >= 11 is 0. The molecule has 4 heteroatoms. The van der Waals surface area contributed by atoms with Crippen LogP contribution in [0.1, 0.15) is 19.4 Å². The number of anilines is 2. The third-order valence-electron chi connectivity index (χ3n) is 2.59. The van der Waals surface area contributed by atoms with E-state index in [-0.39, 0.29) is 6.10 Å². The largest absolute Gasteiger partial charge is 0.475 e.